The second-order valence-corrected chi connectivity index (χ2v) is 4.29. The van der Waals surface area contributed by atoms with Crippen molar-refractivity contribution in [1.29, 1.82) is 0 Å². The molecule has 94 valence electrons. The van der Waals surface area contributed by atoms with Crippen LogP contribution < -0.4 is 10.6 Å². The van der Waals surface area contributed by atoms with Gasteiger partial charge in [0, 0.05) is 26.2 Å². The van der Waals surface area contributed by atoms with Gasteiger partial charge in [-0.2, -0.15) is 5.10 Å². The molecule has 1 heterocycles. The van der Waals surface area contributed by atoms with E-state index in [9.17, 15) is 9.59 Å². The van der Waals surface area contributed by atoms with Crippen LogP contribution in [0.4, 0.5) is 5.82 Å². The highest BCUT2D eigenvalue weighted by Crippen LogP contribution is 2.07. The number of aromatic nitrogens is 2. The Morgan fingerprint density at radius 3 is 2.47 bits per heavy atom. The van der Waals surface area contributed by atoms with Gasteiger partial charge >= 0.3 is 0 Å². The Morgan fingerprint density at radius 2 is 2.06 bits per heavy atom. The van der Waals surface area contributed by atoms with Crippen molar-refractivity contribution in [3.8, 4) is 0 Å². The average molecular weight is 238 g/mol. The van der Waals surface area contributed by atoms with E-state index in [-0.39, 0.29) is 17.7 Å². The first-order valence-corrected chi connectivity index (χ1v) is 5.47. The molecule has 2 N–H and O–H groups in total. The van der Waals surface area contributed by atoms with E-state index in [1.54, 1.807) is 24.0 Å². The molecule has 0 radical (unpaired) electrons. The largest absolute Gasteiger partial charge is 0.344 e. The van der Waals surface area contributed by atoms with Crippen molar-refractivity contribution in [2.45, 2.75) is 26.8 Å². The molecule has 6 nitrogen and oxygen atoms in total. The molecule has 2 amide bonds. The minimum atomic E-state index is -0.547. The molecule has 1 rings (SSSR count). The zero-order valence-corrected chi connectivity index (χ0v) is 10.5. The summed E-state index contributed by atoms with van der Waals surface area (Å²) in [5.41, 5.74) is 0. The maximum Gasteiger partial charge on any atom is 0.248 e. The van der Waals surface area contributed by atoms with E-state index in [0.29, 0.717) is 5.82 Å². The van der Waals surface area contributed by atoms with E-state index >= 15 is 0 Å². The van der Waals surface area contributed by atoms with Gasteiger partial charge in [0.15, 0.2) is 5.82 Å². The summed E-state index contributed by atoms with van der Waals surface area (Å²) in [6.07, 6.45) is 1.73. The molecule has 0 fully saturated rings. The smallest absolute Gasteiger partial charge is 0.248 e. The van der Waals surface area contributed by atoms with E-state index in [4.69, 9.17) is 0 Å². The Hall–Kier alpha value is -1.85. The molecule has 0 aliphatic carbocycles. The molecule has 1 atom stereocenters. The molecular formula is C11H18N4O2. The number of anilines is 1. The molecule has 0 aliphatic heterocycles. The van der Waals surface area contributed by atoms with Crippen LogP contribution in [0.2, 0.25) is 0 Å². The average Bonchev–Trinajstić information content (AvgIpc) is 2.59. The molecule has 0 aliphatic rings. The molecule has 1 unspecified atom stereocenters. The lowest BCUT2D eigenvalue weighted by Crippen LogP contribution is -2.46. The third-order valence-electron chi connectivity index (χ3n) is 2.27. The zero-order valence-electron chi connectivity index (χ0n) is 10.5. The molecule has 1 aromatic heterocycles. The predicted molar refractivity (Wildman–Crippen MR) is 64.3 cm³/mol. The predicted octanol–water partition coefficient (Wildman–Crippen LogP) is 0.519. The summed E-state index contributed by atoms with van der Waals surface area (Å²) < 4.78 is 1.60. The topological polar surface area (TPSA) is 76.0 Å². The zero-order chi connectivity index (χ0) is 13.0. The van der Waals surface area contributed by atoms with Gasteiger partial charge in [0.25, 0.3) is 0 Å². The Labute approximate surface area is 100 Å². The number of rotatable bonds is 4. The van der Waals surface area contributed by atoms with Gasteiger partial charge < -0.3 is 10.6 Å². The SMILES string of the molecule is CC(=O)NC(C(=O)Nc1ccn(C)n1)C(C)C. The van der Waals surface area contributed by atoms with Gasteiger partial charge in [-0.15, -0.1) is 0 Å². The Kier molecular flexibility index (Phi) is 4.25. The molecule has 0 spiro atoms. The van der Waals surface area contributed by atoms with Gasteiger partial charge in [-0.3, -0.25) is 14.3 Å². The van der Waals surface area contributed by atoms with E-state index in [1.165, 1.54) is 6.92 Å². The van der Waals surface area contributed by atoms with Crippen LogP contribution in [0.5, 0.6) is 0 Å². The van der Waals surface area contributed by atoms with E-state index < -0.39 is 6.04 Å². The van der Waals surface area contributed by atoms with E-state index in [1.807, 2.05) is 13.8 Å². The summed E-state index contributed by atoms with van der Waals surface area (Å²) >= 11 is 0. The molecule has 0 bridgehead atoms. The third kappa shape index (κ3) is 3.90. The summed E-state index contributed by atoms with van der Waals surface area (Å²) in [5, 5.41) is 9.33. The fourth-order valence-corrected chi connectivity index (χ4v) is 1.44. The standard InChI is InChI=1S/C11H18N4O2/c1-7(2)10(12-8(3)16)11(17)13-9-5-6-15(4)14-9/h5-7,10H,1-4H3,(H,12,16)(H,13,14,17). The Balaban J connectivity index is 2.68. The normalized spacial score (nSPS) is 12.3. The van der Waals surface area contributed by atoms with Crippen LogP contribution in [0.1, 0.15) is 20.8 Å². The number of carbonyl (C=O) groups is 2. The lowest BCUT2D eigenvalue weighted by molar-refractivity contribution is -0.126. The first-order chi connectivity index (χ1) is 7.90. The van der Waals surface area contributed by atoms with Gasteiger partial charge in [0.1, 0.15) is 6.04 Å². The summed E-state index contributed by atoms with van der Waals surface area (Å²) in [7, 11) is 1.77. The molecule has 0 saturated carbocycles. The minimum Gasteiger partial charge on any atom is -0.344 e. The fourth-order valence-electron chi connectivity index (χ4n) is 1.44. The highest BCUT2D eigenvalue weighted by Gasteiger charge is 2.23. The first kappa shape index (κ1) is 13.2. The maximum absolute atomic E-state index is 11.9. The van der Waals surface area contributed by atoms with Crippen molar-refractivity contribution >= 4 is 17.6 Å². The Bertz CT molecular complexity index is 411. The van der Waals surface area contributed by atoms with Crippen molar-refractivity contribution in [3.05, 3.63) is 12.3 Å². The lowest BCUT2D eigenvalue weighted by Gasteiger charge is -2.20. The van der Waals surface area contributed by atoms with E-state index in [2.05, 4.69) is 15.7 Å². The van der Waals surface area contributed by atoms with Crippen LogP contribution in [-0.2, 0) is 16.6 Å². The van der Waals surface area contributed by atoms with Gasteiger partial charge in [-0.25, -0.2) is 0 Å². The summed E-state index contributed by atoms with van der Waals surface area (Å²) in [5.74, 6) is 0.0184. The second kappa shape index (κ2) is 5.47. The van der Waals surface area contributed by atoms with E-state index in [0.717, 1.165) is 0 Å². The monoisotopic (exact) mass is 238 g/mol. The molecule has 1 aromatic rings. The van der Waals surface area contributed by atoms with Crippen LogP contribution in [0.25, 0.3) is 0 Å². The molecule has 17 heavy (non-hydrogen) atoms. The molecular weight excluding hydrogens is 220 g/mol. The van der Waals surface area contributed by atoms with Crippen molar-refractivity contribution in [1.82, 2.24) is 15.1 Å². The lowest BCUT2D eigenvalue weighted by atomic mass is 10.0. The van der Waals surface area contributed by atoms with Crippen LogP contribution in [0, 0.1) is 5.92 Å². The van der Waals surface area contributed by atoms with Crippen LogP contribution in [-0.4, -0.2) is 27.6 Å². The number of nitrogens with zero attached hydrogens (tertiary/aromatic N) is 2. The van der Waals surface area contributed by atoms with Gasteiger partial charge in [-0.1, -0.05) is 13.8 Å². The van der Waals surface area contributed by atoms with Crippen molar-refractivity contribution < 1.29 is 9.59 Å². The van der Waals surface area contributed by atoms with Crippen LogP contribution in [0.3, 0.4) is 0 Å². The second-order valence-electron chi connectivity index (χ2n) is 4.29. The van der Waals surface area contributed by atoms with Crippen molar-refractivity contribution in [3.63, 3.8) is 0 Å². The minimum absolute atomic E-state index is 0.0163. The van der Waals surface area contributed by atoms with Crippen LogP contribution >= 0.6 is 0 Å². The maximum atomic E-state index is 11.9. The number of hydrogen-bond acceptors (Lipinski definition) is 3. The fraction of sp³-hybridized carbons (Fsp3) is 0.545. The van der Waals surface area contributed by atoms with Gasteiger partial charge in [0.05, 0.1) is 0 Å². The number of hydrogen-bond donors (Lipinski definition) is 2. The molecule has 6 heteroatoms. The Morgan fingerprint density at radius 1 is 1.41 bits per heavy atom. The van der Waals surface area contributed by atoms with Crippen molar-refractivity contribution in [2.75, 3.05) is 5.32 Å². The van der Waals surface area contributed by atoms with Gasteiger partial charge in [0.2, 0.25) is 11.8 Å². The number of nitrogens with one attached hydrogen (secondary N) is 2. The molecule has 0 aromatic carbocycles. The number of aryl methyl sites for hydroxylation is 1. The first-order valence-electron chi connectivity index (χ1n) is 5.47. The number of carbonyl (C=O) groups excluding carboxylic acids is 2. The summed E-state index contributed by atoms with van der Waals surface area (Å²) in [4.78, 5) is 22.9. The quantitative estimate of drug-likeness (QED) is 0.803. The highest BCUT2D eigenvalue weighted by molar-refractivity contribution is 5.96. The summed E-state index contributed by atoms with van der Waals surface area (Å²) in [6, 6.07) is 1.15. The summed E-state index contributed by atoms with van der Waals surface area (Å²) in [6.45, 7) is 5.14. The van der Waals surface area contributed by atoms with Gasteiger partial charge in [-0.05, 0) is 5.92 Å². The highest BCUT2D eigenvalue weighted by atomic mass is 16.2. The third-order valence-corrected chi connectivity index (χ3v) is 2.27. The number of amides is 2. The van der Waals surface area contributed by atoms with Crippen molar-refractivity contribution in [2.24, 2.45) is 13.0 Å². The van der Waals surface area contributed by atoms with Crippen LogP contribution in [0.15, 0.2) is 12.3 Å². The molecule has 0 saturated heterocycles.